The second kappa shape index (κ2) is 11.6. The summed E-state index contributed by atoms with van der Waals surface area (Å²) in [6.45, 7) is 6.31. The van der Waals surface area contributed by atoms with Crippen LogP contribution in [0.3, 0.4) is 0 Å². The van der Waals surface area contributed by atoms with E-state index in [0.717, 1.165) is 11.3 Å². The number of carbonyl (C=O) groups is 2. The van der Waals surface area contributed by atoms with Gasteiger partial charge in [0.05, 0.1) is 0 Å². The van der Waals surface area contributed by atoms with Crippen LogP contribution in [0.2, 0.25) is 0 Å². The van der Waals surface area contributed by atoms with Crippen molar-refractivity contribution in [2.75, 3.05) is 12.3 Å². The molecule has 0 heterocycles. The van der Waals surface area contributed by atoms with Gasteiger partial charge < -0.3 is 10.2 Å². The molecule has 2 aromatic carbocycles. The van der Waals surface area contributed by atoms with Crippen molar-refractivity contribution in [1.29, 1.82) is 0 Å². The zero-order valence-corrected chi connectivity index (χ0v) is 18.1. The summed E-state index contributed by atoms with van der Waals surface area (Å²) >= 11 is 1.60. The number of benzene rings is 2. The number of hydrogen-bond donors (Lipinski definition) is 1. The molecule has 1 N–H and O–H groups in total. The zero-order valence-electron chi connectivity index (χ0n) is 17.3. The van der Waals surface area contributed by atoms with E-state index in [-0.39, 0.29) is 30.6 Å². The molecule has 0 saturated heterocycles. The van der Waals surface area contributed by atoms with Gasteiger partial charge in [0.15, 0.2) is 0 Å². The number of nitrogens with one attached hydrogen (secondary N) is 1. The second-order valence-electron chi connectivity index (χ2n) is 6.99. The van der Waals surface area contributed by atoms with Crippen LogP contribution in [0.15, 0.2) is 53.4 Å². The third-order valence-electron chi connectivity index (χ3n) is 4.62. The molecule has 0 unspecified atom stereocenters. The Morgan fingerprint density at radius 3 is 2.48 bits per heavy atom. The molecule has 4 nitrogen and oxygen atoms in total. The Morgan fingerprint density at radius 2 is 1.83 bits per heavy atom. The van der Waals surface area contributed by atoms with Gasteiger partial charge in [-0.05, 0) is 38.5 Å². The Bertz CT molecular complexity index is 811. The van der Waals surface area contributed by atoms with Gasteiger partial charge in [-0.15, -0.1) is 11.8 Å². The van der Waals surface area contributed by atoms with E-state index in [1.54, 1.807) is 36.9 Å². The minimum absolute atomic E-state index is 0.0708. The number of amides is 2. The van der Waals surface area contributed by atoms with Crippen molar-refractivity contribution in [2.24, 2.45) is 0 Å². The smallest absolute Gasteiger partial charge is 0.242 e. The predicted octanol–water partition coefficient (Wildman–Crippen LogP) is 4.56. The highest BCUT2D eigenvalue weighted by molar-refractivity contribution is 7.99. The average molecular weight is 417 g/mol. The summed E-state index contributed by atoms with van der Waals surface area (Å²) in [5.74, 6) is -0.158. The van der Waals surface area contributed by atoms with E-state index in [1.807, 2.05) is 38.1 Å². The van der Waals surface area contributed by atoms with Crippen molar-refractivity contribution < 1.29 is 14.0 Å². The summed E-state index contributed by atoms with van der Waals surface area (Å²) in [6, 6.07) is 13.8. The molecule has 2 amide bonds. The van der Waals surface area contributed by atoms with E-state index in [0.29, 0.717) is 17.9 Å². The fraction of sp³-hybridized carbons (Fsp3) is 0.391. The molecule has 0 aliphatic rings. The van der Waals surface area contributed by atoms with Gasteiger partial charge in [-0.1, -0.05) is 42.8 Å². The van der Waals surface area contributed by atoms with Gasteiger partial charge in [-0.3, -0.25) is 9.59 Å². The van der Waals surface area contributed by atoms with E-state index in [4.69, 9.17) is 0 Å². The van der Waals surface area contributed by atoms with E-state index < -0.39 is 6.04 Å². The number of aryl methyl sites for hydroxylation is 1. The van der Waals surface area contributed by atoms with Gasteiger partial charge in [-0.25, -0.2) is 4.39 Å². The van der Waals surface area contributed by atoms with Gasteiger partial charge >= 0.3 is 0 Å². The lowest BCUT2D eigenvalue weighted by Gasteiger charge is -2.29. The highest BCUT2D eigenvalue weighted by Crippen LogP contribution is 2.21. The van der Waals surface area contributed by atoms with Crippen LogP contribution in [0, 0.1) is 12.7 Å². The Hall–Kier alpha value is -2.34. The minimum atomic E-state index is -0.668. The van der Waals surface area contributed by atoms with E-state index in [9.17, 15) is 14.0 Å². The number of halogens is 1. The molecule has 0 bridgehead atoms. The molecular formula is C23H29FN2O2S. The van der Waals surface area contributed by atoms with E-state index in [1.165, 1.54) is 16.5 Å². The SMILES string of the molecule is CCCNC(=O)[C@@H](C)N(Cc1ccccc1F)C(=O)CCSc1ccc(C)cc1. The van der Waals surface area contributed by atoms with Crippen molar-refractivity contribution in [3.8, 4) is 0 Å². The highest BCUT2D eigenvalue weighted by Gasteiger charge is 2.26. The minimum Gasteiger partial charge on any atom is -0.354 e. The summed E-state index contributed by atoms with van der Waals surface area (Å²) in [5.41, 5.74) is 1.59. The van der Waals surface area contributed by atoms with Crippen molar-refractivity contribution in [3.05, 3.63) is 65.5 Å². The van der Waals surface area contributed by atoms with Gasteiger partial charge in [0.1, 0.15) is 11.9 Å². The summed E-state index contributed by atoms with van der Waals surface area (Å²) in [5, 5.41) is 2.82. The van der Waals surface area contributed by atoms with E-state index >= 15 is 0 Å². The number of nitrogens with zero attached hydrogens (tertiary/aromatic N) is 1. The summed E-state index contributed by atoms with van der Waals surface area (Å²) in [6.07, 6.45) is 1.09. The number of thioether (sulfide) groups is 1. The molecule has 156 valence electrons. The van der Waals surface area contributed by atoms with Crippen molar-refractivity contribution in [2.45, 2.75) is 51.1 Å². The second-order valence-corrected chi connectivity index (χ2v) is 8.16. The highest BCUT2D eigenvalue weighted by atomic mass is 32.2. The molecule has 29 heavy (non-hydrogen) atoms. The van der Waals surface area contributed by atoms with Crippen molar-refractivity contribution in [3.63, 3.8) is 0 Å². The molecule has 0 fully saturated rings. The Morgan fingerprint density at radius 1 is 1.14 bits per heavy atom. The van der Waals surface area contributed by atoms with Gasteiger partial charge in [0.2, 0.25) is 11.8 Å². The van der Waals surface area contributed by atoms with Crippen molar-refractivity contribution >= 4 is 23.6 Å². The quantitative estimate of drug-likeness (QED) is 0.578. The third-order valence-corrected chi connectivity index (χ3v) is 5.63. The lowest BCUT2D eigenvalue weighted by molar-refractivity contribution is -0.140. The molecule has 0 aromatic heterocycles. The summed E-state index contributed by atoms with van der Waals surface area (Å²) in [7, 11) is 0. The van der Waals surface area contributed by atoms with Crippen LogP contribution in [0.4, 0.5) is 4.39 Å². The standard InChI is InChI=1S/C23H29FN2O2S/c1-4-14-25-23(28)18(3)26(16-19-7-5-6-8-21(19)24)22(27)13-15-29-20-11-9-17(2)10-12-20/h5-12,18H,4,13-16H2,1-3H3,(H,25,28)/t18-/m1/s1. The molecule has 0 aliphatic heterocycles. The first-order chi connectivity index (χ1) is 13.9. The predicted molar refractivity (Wildman–Crippen MR) is 116 cm³/mol. The van der Waals surface area contributed by atoms with Gasteiger partial charge in [-0.2, -0.15) is 0 Å². The fourth-order valence-electron chi connectivity index (χ4n) is 2.82. The maximum atomic E-state index is 14.1. The topological polar surface area (TPSA) is 49.4 Å². The zero-order chi connectivity index (χ0) is 21.2. The molecule has 1 atom stereocenters. The van der Waals surface area contributed by atoms with Crippen molar-refractivity contribution in [1.82, 2.24) is 10.2 Å². The molecule has 6 heteroatoms. The maximum Gasteiger partial charge on any atom is 0.242 e. The van der Waals surface area contributed by atoms with Gasteiger partial charge in [0, 0.05) is 35.7 Å². The van der Waals surface area contributed by atoms with Crippen LogP contribution in [0.25, 0.3) is 0 Å². The van der Waals surface area contributed by atoms with Crippen LogP contribution < -0.4 is 5.32 Å². The average Bonchev–Trinajstić information content (AvgIpc) is 2.72. The van der Waals surface area contributed by atoms with Crippen LogP contribution in [-0.4, -0.2) is 35.1 Å². The molecular weight excluding hydrogens is 387 g/mol. The number of hydrogen-bond acceptors (Lipinski definition) is 3. The lowest BCUT2D eigenvalue weighted by Crippen LogP contribution is -2.48. The molecule has 0 radical (unpaired) electrons. The van der Waals surface area contributed by atoms with Crippen LogP contribution >= 0.6 is 11.8 Å². The molecule has 0 saturated carbocycles. The Balaban J connectivity index is 2.05. The molecule has 2 aromatic rings. The Kier molecular flexibility index (Phi) is 9.19. The first kappa shape index (κ1) is 22.9. The summed E-state index contributed by atoms with van der Waals surface area (Å²) < 4.78 is 14.1. The van der Waals surface area contributed by atoms with E-state index in [2.05, 4.69) is 5.32 Å². The lowest BCUT2D eigenvalue weighted by atomic mass is 10.1. The third kappa shape index (κ3) is 7.20. The largest absolute Gasteiger partial charge is 0.354 e. The fourth-order valence-corrected chi connectivity index (χ4v) is 3.66. The van der Waals surface area contributed by atoms with Crippen LogP contribution in [0.5, 0.6) is 0 Å². The Labute approximate surface area is 176 Å². The van der Waals surface area contributed by atoms with Crippen LogP contribution in [0.1, 0.15) is 37.8 Å². The number of rotatable bonds is 10. The monoisotopic (exact) mass is 416 g/mol. The first-order valence-corrected chi connectivity index (χ1v) is 10.9. The normalized spacial score (nSPS) is 11.7. The maximum absolute atomic E-state index is 14.1. The first-order valence-electron chi connectivity index (χ1n) is 9.92. The molecule has 2 rings (SSSR count). The van der Waals surface area contributed by atoms with Gasteiger partial charge in [0.25, 0.3) is 0 Å². The molecule has 0 aliphatic carbocycles. The molecule has 0 spiro atoms. The van der Waals surface area contributed by atoms with Crippen LogP contribution in [-0.2, 0) is 16.1 Å². The summed E-state index contributed by atoms with van der Waals surface area (Å²) in [4.78, 5) is 27.9. The number of carbonyl (C=O) groups excluding carboxylic acids is 2.